The van der Waals surface area contributed by atoms with E-state index in [9.17, 15) is 18.7 Å². The average Bonchev–Trinajstić information content (AvgIpc) is 3.65. The first kappa shape index (κ1) is 25.8. The molecule has 0 radical (unpaired) electrons. The van der Waals surface area contributed by atoms with Crippen molar-refractivity contribution in [1.29, 1.82) is 0 Å². The van der Waals surface area contributed by atoms with Crippen LogP contribution in [0, 0.1) is 17.6 Å². The first-order valence-corrected chi connectivity index (χ1v) is 13.7. The summed E-state index contributed by atoms with van der Waals surface area (Å²) in [5, 5.41) is 16.2. The Labute approximate surface area is 226 Å². The zero-order valence-electron chi connectivity index (χ0n) is 21.7. The first-order chi connectivity index (χ1) is 18.9. The van der Waals surface area contributed by atoms with Crippen LogP contribution in [0.3, 0.4) is 0 Å². The lowest BCUT2D eigenvalue weighted by atomic mass is 9.99. The van der Waals surface area contributed by atoms with Gasteiger partial charge in [0, 0.05) is 25.3 Å². The molecule has 9 heteroatoms. The highest BCUT2D eigenvalue weighted by Crippen LogP contribution is 2.37. The van der Waals surface area contributed by atoms with Gasteiger partial charge in [-0.05, 0) is 85.1 Å². The highest BCUT2D eigenvalue weighted by atomic mass is 19.1. The molecule has 7 nitrogen and oxygen atoms in total. The van der Waals surface area contributed by atoms with Crippen molar-refractivity contribution >= 4 is 22.4 Å². The zero-order valence-corrected chi connectivity index (χ0v) is 21.7. The lowest BCUT2D eigenvalue weighted by Gasteiger charge is -2.30. The summed E-state index contributed by atoms with van der Waals surface area (Å²) in [7, 11) is 0. The number of carbonyl (C=O) groups is 1. The first-order valence-electron chi connectivity index (χ1n) is 13.7. The van der Waals surface area contributed by atoms with E-state index in [1.807, 2.05) is 18.2 Å². The summed E-state index contributed by atoms with van der Waals surface area (Å²) >= 11 is 0. The molecule has 0 spiro atoms. The number of fused-ring (bicyclic) bond motifs is 2. The van der Waals surface area contributed by atoms with E-state index >= 15 is 0 Å². The van der Waals surface area contributed by atoms with Crippen molar-refractivity contribution in [3.8, 4) is 11.5 Å². The van der Waals surface area contributed by atoms with Crippen LogP contribution in [-0.2, 0) is 4.79 Å². The molecule has 0 aliphatic carbocycles. The van der Waals surface area contributed by atoms with E-state index in [0.717, 1.165) is 48.9 Å². The molecule has 0 aromatic heterocycles. The molecule has 3 aliphatic heterocycles. The summed E-state index contributed by atoms with van der Waals surface area (Å²) in [6, 6.07) is 12.9. The standard InChI is InChI=1S/C30H33F2N3O4/c31-23-5-3-20-14-24(6-4-19(20)13-23)35-10-7-21(17-35)30(37)33-26(18-34-8-1-2-9-34)28(36)22-15-25(32)29-27(16-22)38-11-12-39-29/h3-6,13-16,21,26,28,36H,1-2,7-12,17-18H2,(H,33,37)/t21-,26+,28+/m0/s1. The average molecular weight is 538 g/mol. The summed E-state index contributed by atoms with van der Waals surface area (Å²) < 4.78 is 39.3. The number of aliphatic hydroxyl groups is 1. The fourth-order valence-electron chi connectivity index (χ4n) is 5.91. The van der Waals surface area contributed by atoms with Gasteiger partial charge in [-0.3, -0.25) is 4.79 Å². The molecule has 3 atom stereocenters. The molecule has 3 aromatic carbocycles. The molecule has 0 unspecified atom stereocenters. The van der Waals surface area contributed by atoms with E-state index < -0.39 is 18.0 Å². The molecule has 39 heavy (non-hydrogen) atoms. The van der Waals surface area contributed by atoms with Gasteiger partial charge in [-0.1, -0.05) is 12.1 Å². The van der Waals surface area contributed by atoms with Gasteiger partial charge in [0.2, 0.25) is 5.91 Å². The van der Waals surface area contributed by atoms with E-state index in [-0.39, 0.29) is 35.7 Å². The number of ether oxygens (including phenoxy) is 2. The number of nitrogens with zero attached hydrogens (tertiary/aromatic N) is 2. The van der Waals surface area contributed by atoms with Crippen LogP contribution < -0.4 is 19.7 Å². The molecule has 0 bridgehead atoms. The van der Waals surface area contributed by atoms with Crippen LogP contribution in [0.1, 0.15) is 30.9 Å². The maximum absolute atomic E-state index is 14.8. The van der Waals surface area contributed by atoms with Crippen molar-refractivity contribution < 1.29 is 28.2 Å². The van der Waals surface area contributed by atoms with Gasteiger partial charge >= 0.3 is 0 Å². The van der Waals surface area contributed by atoms with Crippen LogP contribution in [-0.4, -0.2) is 67.9 Å². The molecule has 1 amide bonds. The van der Waals surface area contributed by atoms with Gasteiger partial charge in [0.15, 0.2) is 17.3 Å². The van der Waals surface area contributed by atoms with Gasteiger partial charge in [0.05, 0.1) is 12.0 Å². The predicted molar refractivity (Wildman–Crippen MR) is 144 cm³/mol. The molecular formula is C30H33F2N3O4. The normalized spacial score (nSPS) is 20.8. The van der Waals surface area contributed by atoms with Crippen LogP contribution in [0.2, 0.25) is 0 Å². The van der Waals surface area contributed by atoms with Crippen LogP contribution >= 0.6 is 0 Å². The van der Waals surface area contributed by atoms with Crippen LogP contribution in [0.5, 0.6) is 11.5 Å². The Bertz CT molecular complexity index is 1360. The van der Waals surface area contributed by atoms with Crippen LogP contribution in [0.4, 0.5) is 14.5 Å². The number of likely N-dealkylation sites (tertiary alicyclic amines) is 1. The Hall–Kier alpha value is -3.43. The van der Waals surface area contributed by atoms with E-state index in [1.165, 1.54) is 18.2 Å². The van der Waals surface area contributed by atoms with Crippen molar-refractivity contribution in [1.82, 2.24) is 10.2 Å². The predicted octanol–water partition coefficient (Wildman–Crippen LogP) is 4.03. The van der Waals surface area contributed by atoms with Crippen LogP contribution in [0.15, 0.2) is 48.5 Å². The maximum atomic E-state index is 14.8. The van der Waals surface area contributed by atoms with Crippen LogP contribution in [0.25, 0.3) is 10.8 Å². The van der Waals surface area contributed by atoms with Gasteiger partial charge in [-0.15, -0.1) is 0 Å². The third-order valence-electron chi connectivity index (χ3n) is 8.03. The monoisotopic (exact) mass is 537 g/mol. The summed E-state index contributed by atoms with van der Waals surface area (Å²) in [5.74, 6) is -0.899. The number of aliphatic hydroxyl groups excluding tert-OH is 1. The molecule has 3 heterocycles. The van der Waals surface area contributed by atoms with Crippen molar-refractivity contribution in [3.05, 3.63) is 65.7 Å². The fourth-order valence-corrected chi connectivity index (χ4v) is 5.91. The molecule has 2 N–H and O–H groups in total. The molecular weight excluding hydrogens is 504 g/mol. The second-order valence-electron chi connectivity index (χ2n) is 10.7. The quantitative estimate of drug-likeness (QED) is 0.474. The summed E-state index contributed by atoms with van der Waals surface area (Å²) in [4.78, 5) is 17.8. The number of hydrogen-bond acceptors (Lipinski definition) is 6. The van der Waals surface area contributed by atoms with Gasteiger partial charge in [-0.25, -0.2) is 8.78 Å². The highest BCUT2D eigenvalue weighted by molar-refractivity contribution is 5.86. The SMILES string of the molecule is O=C(N[C@H](CN1CCCC1)[C@H](O)c1cc(F)c2c(c1)OCCO2)[C@H]1CCN(c2ccc3cc(F)ccc3c2)C1. The number of anilines is 1. The minimum atomic E-state index is -1.11. The number of carbonyl (C=O) groups excluding carboxylic acids is 1. The Morgan fingerprint density at radius 2 is 1.77 bits per heavy atom. The highest BCUT2D eigenvalue weighted by Gasteiger charge is 2.34. The minimum Gasteiger partial charge on any atom is -0.486 e. The molecule has 3 aliphatic rings. The van der Waals surface area contributed by atoms with Crippen molar-refractivity contribution in [2.45, 2.75) is 31.4 Å². The van der Waals surface area contributed by atoms with Gasteiger partial charge < -0.3 is 29.7 Å². The fraction of sp³-hybridized carbons (Fsp3) is 0.433. The van der Waals surface area contributed by atoms with Crippen molar-refractivity contribution in [2.24, 2.45) is 5.92 Å². The largest absolute Gasteiger partial charge is 0.486 e. The molecule has 2 saturated heterocycles. The lowest BCUT2D eigenvalue weighted by Crippen LogP contribution is -2.48. The Balaban J connectivity index is 1.17. The van der Waals surface area contributed by atoms with E-state index in [0.29, 0.717) is 31.7 Å². The Morgan fingerprint density at radius 1 is 1.00 bits per heavy atom. The van der Waals surface area contributed by atoms with E-state index in [2.05, 4.69) is 15.1 Å². The second kappa shape index (κ2) is 11.0. The minimum absolute atomic E-state index is 0.0576. The summed E-state index contributed by atoms with van der Waals surface area (Å²) in [5.41, 5.74) is 1.34. The number of rotatable bonds is 7. The van der Waals surface area contributed by atoms with Gasteiger partial charge in [-0.2, -0.15) is 0 Å². The Kier molecular flexibility index (Phi) is 7.27. The molecule has 6 rings (SSSR count). The lowest BCUT2D eigenvalue weighted by molar-refractivity contribution is -0.126. The molecule has 206 valence electrons. The zero-order chi connectivity index (χ0) is 26.9. The number of nitrogens with one attached hydrogen (secondary N) is 1. The van der Waals surface area contributed by atoms with Crippen molar-refractivity contribution in [2.75, 3.05) is 50.8 Å². The number of amides is 1. The summed E-state index contributed by atoms with van der Waals surface area (Å²) in [6.45, 7) is 4.12. The molecule has 2 fully saturated rings. The van der Waals surface area contributed by atoms with Crippen molar-refractivity contribution in [3.63, 3.8) is 0 Å². The Morgan fingerprint density at radius 3 is 2.62 bits per heavy atom. The molecule has 0 saturated carbocycles. The number of benzene rings is 3. The van der Waals surface area contributed by atoms with E-state index in [4.69, 9.17) is 9.47 Å². The topological polar surface area (TPSA) is 74.3 Å². The maximum Gasteiger partial charge on any atom is 0.225 e. The molecule has 3 aromatic rings. The third-order valence-corrected chi connectivity index (χ3v) is 8.03. The smallest absolute Gasteiger partial charge is 0.225 e. The van der Waals surface area contributed by atoms with Gasteiger partial charge in [0.1, 0.15) is 25.1 Å². The summed E-state index contributed by atoms with van der Waals surface area (Å²) in [6.07, 6.45) is 1.72. The third kappa shape index (κ3) is 5.51. The number of halogens is 2. The number of hydrogen-bond donors (Lipinski definition) is 2. The van der Waals surface area contributed by atoms with E-state index in [1.54, 1.807) is 12.1 Å². The second-order valence-corrected chi connectivity index (χ2v) is 10.7. The van der Waals surface area contributed by atoms with Gasteiger partial charge in [0.25, 0.3) is 0 Å².